The van der Waals surface area contributed by atoms with Crippen molar-refractivity contribution >= 4 is 10.0 Å². The summed E-state index contributed by atoms with van der Waals surface area (Å²) in [4.78, 5) is 4.13. The number of nitrogens with zero attached hydrogens (tertiary/aromatic N) is 2. The van der Waals surface area contributed by atoms with E-state index >= 15 is 0 Å². The van der Waals surface area contributed by atoms with E-state index < -0.39 is 16.1 Å². The summed E-state index contributed by atoms with van der Waals surface area (Å²) < 4.78 is 29.4. The first-order valence-corrected chi connectivity index (χ1v) is 9.58. The van der Waals surface area contributed by atoms with Crippen molar-refractivity contribution in [1.29, 1.82) is 0 Å². The van der Waals surface area contributed by atoms with E-state index in [1.165, 1.54) is 0 Å². The molecule has 24 heavy (non-hydrogen) atoms. The van der Waals surface area contributed by atoms with Crippen molar-refractivity contribution < 1.29 is 13.5 Å². The lowest BCUT2D eigenvalue weighted by Gasteiger charge is -2.19. The van der Waals surface area contributed by atoms with Gasteiger partial charge in [0.25, 0.3) is 10.0 Å². The number of hydrogen-bond donors (Lipinski definition) is 2. The van der Waals surface area contributed by atoms with E-state index in [0.717, 1.165) is 5.56 Å². The monoisotopic (exact) mass is 351 g/mol. The molecule has 0 amide bonds. The Morgan fingerprint density at radius 1 is 1.29 bits per heavy atom. The third-order valence-corrected chi connectivity index (χ3v) is 5.28. The average molecular weight is 351 g/mol. The summed E-state index contributed by atoms with van der Waals surface area (Å²) in [6.45, 7) is 6.31. The van der Waals surface area contributed by atoms with Crippen LogP contribution in [0.5, 0.6) is 0 Å². The maximum absolute atomic E-state index is 12.5. The van der Waals surface area contributed by atoms with E-state index in [1.807, 2.05) is 37.3 Å². The van der Waals surface area contributed by atoms with Crippen LogP contribution in [0.4, 0.5) is 0 Å². The number of sulfonamides is 1. The third kappa shape index (κ3) is 4.66. The predicted octanol–water partition coefficient (Wildman–Crippen LogP) is 2.04. The van der Waals surface area contributed by atoms with E-state index in [9.17, 15) is 13.5 Å². The number of imidazole rings is 1. The molecule has 1 aromatic carbocycles. The number of rotatable bonds is 8. The fourth-order valence-electron chi connectivity index (χ4n) is 2.69. The summed E-state index contributed by atoms with van der Waals surface area (Å²) in [6, 6.07) is 9.61. The summed E-state index contributed by atoms with van der Waals surface area (Å²) in [5.74, 6) is 0.566. The van der Waals surface area contributed by atoms with Crippen LogP contribution >= 0.6 is 0 Å². The largest absolute Gasteiger partial charge is 0.393 e. The molecule has 1 heterocycles. The van der Waals surface area contributed by atoms with Gasteiger partial charge in [0.2, 0.25) is 0 Å². The van der Waals surface area contributed by atoms with Gasteiger partial charge in [-0.05, 0) is 38.7 Å². The Morgan fingerprint density at radius 2 is 1.96 bits per heavy atom. The molecule has 6 nitrogen and oxygen atoms in total. The summed E-state index contributed by atoms with van der Waals surface area (Å²) in [5, 5.41) is 9.74. The van der Waals surface area contributed by atoms with Gasteiger partial charge in [0, 0.05) is 19.3 Å². The molecule has 0 radical (unpaired) electrons. The van der Waals surface area contributed by atoms with Crippen LogP contribution in [-0.4, -0.2) is 35.7 Å². The number of aromatic nitrogens is 2. The first-order chi connectivity index (χ1) is 11.3. The van der Waals surface area contributed by atoms with E-state index in [4.69, 9.17) is 0 Å². The Bertz CT molecular complexity index is 755. The zero-order chi connectivity index (χ0) is 17.7. The van der Waals surface area contributed by atoms with Gasteiger partial charge in [-0.3, -0.25) is 0 Å². The first kappa shape index (κ1) is 18.6. The van der Waals surface area contributed by atoms with Crippen LogP contribution in [0.2, 0.25) is 0 Å². The van der Waals surface area contributed by atoms with Crippen LogP contribution in [0, 0.1) is 6.92 Å². The molecule has 2 atom stereocenters. The minimum atomic E-state index is -3.67. The molecule has 2 N–H and O–H groups in total. The molecule has 132 valence electrons. The van der Waals surface area contributed by atoms with Crippen molar-refractivity contribution in [2.45, 2.75) is 50.8 Å². The lowest BCUT2D eigenvalue weighted by atomic mass is 9.94. The van der Waals surface area contributed by atoms with Gasteiger partial charge in [0.05, 0.1) is 6.10 Å². The van der Waals surface area contributed by atoms with Crippen LogP contribution in [0.25, 0.3) is 0 Å². The van der Waals surface area contributed by atoms with E-state index in [1.54, 1.807) is 24.6 Å². The van der Waals surface area contributed by atoms with Crippen molar-refractivity contribution in [3.63, 3.8) is 0 Å². The zero-order valence-corrected chi connectivity index (χ0v) is 15.1. The number of hydrogen-bond acceptors (Lipinski definition) is 4. The molecule has 0 bridgehead atoms. The predicted molar refractivity (Wildman–Crippen MR) is 93.3 cm³/mol. The number of aliphatic hydroxyl groups excluding tert-OH is 1. The second-order valence-electron chi connectivity index (χ2n) is 5.96. The Hall–Kier alpha value is -1.70. The Balaban J connectivity index is 2.15. The van der Waals surface area contributed by atoms with Gasteiger partial charge < -0.3 is 9.67 Å². The van der Waals surface area contributed by atoms with Crippen LogP contribution in [-0.2, 0) is 16.6 Å². The minimum absolute atomic E-state index is 0.0331. The number of nitrogens with one attached hydrogen (secondary N) is 1. The molecular formula is C17H25N3O3S. The molecule has 0 fully saturated rings. The second kappa shape index (κ2) is 7.92. The lowest BCUT2D eigenvalue weighted by molar-refractivity contribution is 0.174. The van der Waals surface area contributed by atoms with Gasteiger partial charge in [0.1, 0.15) is 5.82 Å². The summed E-state index contributed by atoms with van der Waals surface area (Å²) in [6.07, 6.45) is 1.51. The van der Waals surface area contributed by atoms with Gasteiger partial charge in [-0.15, -0.1) is 0 Å². The highest BCUT2D eigenvalue weighted by atomic mass is 32.2. The Labute approximate surface area is 143 Å². The smallest absolute Gasteiger partial charge is 0.259 e. The Morgan fingerprint density at radius 3 is 2.50 bits per heavy atom. The van der Waals surface area contributed by atoms with Crippen LogP contribution < -0.4 is 4.72 Å². The van der Waals surface area contributed by atoms with E-state index in [2.05, 4.69) is 9.71 Å². The average Bonchev–Trinajstić information content (AvgIpc) is 2.94. The topological polar surface area (TPSA) is 84.2 Å². The van der Waals surface area contributed by atoms with Crippen molar-refractivity contribution in [3.05, 3.63) is 47.9 Å². The van der Waals surface area contributed by atoms with Crippen LogP contribution in [0.15, 0.2) is 41.6 Å². The molecule has 0 saturated carbocycles. The SMILES string of the molecule is CCn1cc(S(=O)(=O)NCC(CC(C)O)c2ccccc2)nc1C. The highest BCUT2D eigenvalue weighted by molar-refractivity contribution is 7.89. The molecule has 0 aliphatic rings. The second-order valence-corrected chi connectivity index (χ2v) is 7.67. The minimum Gasteiger partial charge on any atom is -0.393 e. The van der Waals surface area contributed by atoms with Crippen molar-refractivity contribution in [2.24, 2.45) is 0 Å². The molecule has 0 aliphatic carbocycles. The van der Waals surface area contributed by atoms with Gasteiger partial charge in [-0.25, -0.2) is 18.1 Å². The van der Waals surface area contributed by atoms with Crippen LogP contribution in [0.1, 0.15) is 37.6 Å². The van der Waals surface area contributed by atoms with Crippen LogP contribution in [0.3, 0.4) is 0 Å². The molecule has 2 aromatic rings. The fourth-order valence-corrected chi connectivity index (χ4v) is 3.77. The first-order valence-electron chi connectivity index (χ1n) is 8.10. The van der Waals surface area contributed by atoms with Gasteiger partial charge in [0.15, 0.2) is 5.03 Å². The molecule has 0 saturated heterocycles. The van der Waals surface area contributed by atoms with E-state index in [0.29, 0.717) is 18.8 Å². The Kier molecular flexibility index (Phi) is 6.15. The third-order valence-electron chi connectivity index (χ3n) is 3.99. The highest BCUT2D eigenvalue weighted by Crippen LogP contribution is 2.21. The van der Waals surface area contributed by atoms with Gasteiger partial charge >= 0.3 is 0 Å². The van der Waals surface area contributed by atoms with Gasteiger partial charge in [-0.1, -0.05) is 30.3 Å². The normalized spacial score (nSPS) is 14.5. The number of aliphatic hydroxyl groups is 1. The molecule has 1 aromatic heterocycles. The molecule has 0 spiro atoms. The highest BCUT2D eigenvalue weighted by Gasteiger charge is 2.22. The zero-order valence-electron chi connectivity index (χ0n) is 14.3. The summed E-state index contributed by atoms with van der Waals surface area (Å²) >= 11 is 0. The van der Waals surface area contributed by atoms with Crippen molar-refractivity contribution in [2.75, 3.05) is 6.54 Å². The lowest BCUT2D eigenvalue weighted by Crippen LogP contribution is -2.30. The maximum atomic E-state index is 12.5. The van der Waals surface area contributed by atoms with Crippen molar-refractivity contribution in [3.8, 4) is 0 Å². The number of benzene rings is 1. The summed E-state index contributed by atoms with van der Waals surface area (Å²) in [7, 11) is -3.67. The molecular weight excluding hydrogens is 326 g/mol. The quantitative estimate of drug-likeness (QED) is 0.762. The standard InChI is InChI=1S/C17H25N3O3S/c1-4-20-12-17(19-14(20)3)24(22,23)18-11-16(10-13(2)21)15-8-6-5-7-9-15/h5-9,12-13,16,18,21H,4,10-11H2,1-3H3. The molecule has 7 heteroatoms. The molecule has 0 aliphatic heterocycles. The molecule has 2 rings (SSSR count). The van der Waals surface area contributed by atoms with E-state index in [-0.39, 0.29) is 17.5 Å². The van der Waals surface area contributed by atoms with Gasteiger partial charge in [-0.2, -0.15) is 0 Å². The number of aryl methyl sites for hydroxylation is 2. The molecule has 2 unspecified atom stereocenters. The van der Waals surface area contributed by atoms with Crippen molar-refractivity contribution in [1.82, 2.24) is 14.3 Å². The maximum Gasteiger partial charge on any atom is 0.259 e. The summed E-state index contributed by atoms with van der Waals surface area (Å²) in [5.41, 5.74) is 0.997. The fraction of sp³-hybridized carbons (Fsp3) is 0.471.